The van der Waals surface area contributed by atoms with Crippen LogP contribution in [-0.4, -0.2) is 11.5 Å². The molecule has 0 aliphatic carbocycles. The lowest BCUT2D eigenvalue weighted by Gasteiger charge is -2.06. The average Bonchev–Trinajstić information content (AvgIpc) is 2.05. The van der Waals surface area contributed by atoms with E-state index in [0.717, 1.165) is 18.3 Å². The van der Waals surface area contributed by atoms with Crippen LogP contribution in [0.4, 0.5) is 5.82 Å². The van der Waals surface area contributed by atoms with Crippen molar-refractivity contribution in [2.75, 3.05) is 11.9 Å². The van der Waals surface area contributed by atoms with E-state index in [0.29, 0.717) is 0 Å². The van der Waals surface area contributed by atoms with Crippen LogP contribution in [0.3, 0.4) is 0 Å². The fourth-order valence-corrected chi connectivity index (χ4v) is 0.956. The lowest BCUT2D eigenvalue weighted by Crippen LogP contribution is -2.05. The maximum atomic E-state index is 4.16. The van der Waals surface area contributed by atoms with Gasteiger partial charge in [0.15, 0.2) is 0 Å². The highest BCUT2D eigenvalue weighted by Crippen LogP contribution is 2.02. The Hall–Kier alpha value is -1.05. The van der Waals surface area contributed by atoms with Crippen molar-refractivity contribution in [2.45, 2.75) is 20.3 Å². The van der Waals surface area contributed by atoms with E-state index in [1.807, 2.05) is 18.2 Å². The van der Waals surface area contributed by atoms with Crippen LogP contribution in [0, 0.1) is 5.92 Å². The maximum Gasteiger partial charge on any atom is 0.125 e. The van der Waals surface area contributed by atoms with E-state index in [4.69, 9.17) is 0 Å². The second-order valence-corrected chi connectivity index (χ2v) is 3.32. The topological polar surface area (TPSA) is 24.9 Å². The third-order valence-corrected chi connectivity index (χ3v) is 1.69. The van der Waals surface area contributed by atoms with Gasteiger partial charge in [0.2, 0.25) is 0 Å². The summed E-state index contributed by atoms with van der Waals surface area (Å²) in [5.41, 5.74) is 0. The molecule has 1 N–H and O–H groups in total. The van der Waals surface area contributed by atoms with Crippen LogP contribution in [0.15, 0.2) is 24.4 Å². The summed E-state index contributed by atoms with van der Waals surface area (Å²) >= 11 is 0. The second kappa shape index (κ2) is 4.75. The first-order valence-electron chi connectivity index (χ1n) is 4.44. The van der Waals surface area contributed by atoms with Crippen molar-refractivity contribution in [3.8, 4) is 0 Å². The summed E-state index contributed by atoms with van der Waals surface area (Å²) in [6.45, 7) is 5.45. The average molecular weight is 164 g/mol. The summed E-state index contributed by atoms with van der Waals surface area (Å²) in [7, 11) is 0. The Balaban J connectivity index is 2.25. The highest BCUT2D eigenvalue weighted by atomic mass is 15.0. The highest BCUT2D eigenvalue weighted by Gasteiger charge is 1.93. The van der Waals surface area contributed by atoms with Crippen molar-refractivity contribution in [2.24, 2.45) is 5.92 Å². The van der Waals surface area contributed by atoms with Gasteiger partial charge in [-0.1, -0.05) is 19.9 Å². The molecule has 1 aromatic heterocycles. The van der Waals surface area contributed by atoms with Crippen molar-refractivity contribution in [3.63, 3.8) is 0 Å². The van der Waals surface area contributed by atoms with Gasteiger partial charge in [-0.3, -0.25) is 0 Å². The monoisotopic (exact) mass is 164 g/mol. The Bertz CT molecular complexity index is 206. The van der Waals surface area contributed by atoms with E-state index in [1.54, 1.807) is 6.20 Å². The van der Waals surface area contributed by atoms with Crippen molar-refractivity contribution < 1.29 is 0 Å². The summed E-state index contributed by atoms with van der Waals surface area (Å²) in [6.07, 6.45) is 2.99. The third-order valence-electron chi connectivity index (χ3n) is 1.69. The molecule has 0 spiro atoms. The molecule has 1 rings (SSSR count). The molecule has 0 bridgehead atoms. The SMILES string of the molecule is CC(C)CCNc1ccccn1. The van der Waals surface area contributed by atoms with Gasteiger partial charge in [-0.2, -0.15) is 0 Å². The first-order valence-corrected chi connectivity index (χ1v) is 4.44. The van der Waals surface area contributed by atoms with Crippen LogP contribution in [0.2, 0.25) is 0 Å². The molecule has 0 saturated heterocycles. The van der Waals surface area contributed by atoms with Crippen molar-refractivity contribution in [1.29, 1.82) is 0 Å². The van der Waals surface area contributed by atoms with E-state index in [2.05, 4.69) is 24.1 Å². The Kier molecular flexibility index (Phi) is 3.58. The molecule has 12 heavy (non-hydrogen) atoms. The number of pyridine rings is 1. The molecule has 0 amide bonds. The van der Waals surface area contributed by atoms with Crippen molar-refractivity contribution in [1.82, 2.24) is 4.98 Å². The van der Waals surface area contributed by atoms with E-state index < -0.39 is 0 Å². The van der Waals surface area contributed by atoms with Gasteiger partial charge < -0.3 is 5.32 Å². The van der Waals surface area contributed by atoms with Crippen molar-refractivity contribution >= 4 is 5.82 Å². The molecular formula is C10H16N2. The number of aromatic nitrogens is 1. The smallest absolute Gasteiger partial charge is 0.125 e. The van der Waals surface area contributed by atoms with Crippen LogP contribution >= 0.6 is 0 Å². The Morgan fingerprint density at radius 3 is 2.83 bits per heavy atom. The van der Waals surface area contributed by atoms with Crippen LogP contribution in [-0.2, 0) is 0 Å². The first kappa shape index (κ1) is 9.04. The van der Waals surface area contributed by atoms with Gasteiger partial charge in [0.1, 0.15) is 5.82 Å². The number of nitrogens with one attached hydrogen (secondary N) is 1. The molecule has 1 aromatic rings. The fraction of sp³-hybridized carbons (Fsp3) is 0.500. The van der Waals surface area contributed by atoms with Crippen LogP contribution in [0.1, 0.15) is 20.3 Å². The molecule has 0 saturated carbocycles. The number of hydrogen-bond donors (Lipinski definition) is 1. The van der Waals surface area contributed by atoms with E-state index in [1.165, 1.54) is 6.42 Å². The third kappa shape index (κ3) is 3.37. The standard InChI is InChI=1S/C10H16N2/c1-9(2)6-8-12-10-5-3-4-7-11-10/h3-5,7,9H,6,8H2,1-2H3,(H,11,12). The lowest BCUT2D eigenvalue weighted by atomic mass is 10.1. The van der Waals surface area contributed by atoms with Gasteiger partial charge in [-0.25, -0.2) is 4.98 Å². The van der Waals surface area contributed by atoms with Crippen LogP contribution < -0.4 is 5.32 Å². The molecule has 0 atom stereocenters. The van der Waals surface area contributed by atoms with Crippen molar-refractivity contribution in [3.05, 3.63) is 24.4 Å². The minimum atomic E-state index is 0.751. The summed E-state index contributed by atoms with van der Waals surface area (Å²) in [6, 6.07) is 5.90. The predicted molar refractivity (Wildman–Crippen MR) is 52.2 cm³/mol. The zero-order chi connectivity index (χ0) is 8.81. The lowest BCUT2D eigenvalue weighted by molar-refractivity contribution is 0.606. The van der Waals surface area contributed by atoms with Gasteiger partial charge in [0.05, 0.1) is 0 Å². The van der Waals surface area contributed by atoms with Crippen LogP contribution in [0.5, 0.6) is 0 Å². The molecule has 0 fully saturated rings. The molecule has 2 nitrogen and oxygen atoms in total. The number of hydrogen-bond acceptors (Lipinski definition) is 2. The van der Waals surface area contributed by atoms with Gasteiger partial charge in [-0.15, -0.1) is 0 Å². The number of rotatable bonds is 4. The normalized spacial score (nSPS) is 10.2. The second-order valence-electron chi connectivity index (χ2n) is 3.32. The number of anilines is 1. The summed E-state index contributed by atoms with van der Waals surface area (Å²) < 4.78 is 0. The van der Waals surface area contributed by atoms with Crippen LogP contribution in [0.25, 0.3) is 0 Å². The quantitative estimate of drug-likeness (QED) is 0.739. The molecule has 0 unspecified atom stereocenters. The molecule has 66 valence electrons. The molecule has 0 aromatic carbocycles. The molecule has 0 aliphatic heterocycles. The number of nitrogens with zero attached hydrogens (tertiary/aromatic N) is 1. The Morgan fingerprint density at radius 1 is 1.42 bits per heavy atom. The molecule has 1 heterocycles. The maximum absolute atomic E-state index is 4.16. The zero-order valence-electron chi connectivity index (χ0n) is 7.75. The minimum absolute atomic E-state index is 0.751. The summed E-state index contributed by atoms with van der Waals surface area (Å²) in [4.78, 5) is 4.16. The summed E-state index contributed by atoms with van der Waals surface area (Å²) in [5, 5.41) is 3.26. The van der Waals surface area contributed by atoms with E-state index in [-0.39, 0.29) is 0 Å². The molecule has 2 heteroatoms. The Morgan fingerprint density at radius 2 is 2.25 bits per heavy atom. The first-order chi connectivity index (χ1) is 5.79. The van der Waals surface area contributed by atoms with E-state index >= 15 is 0 Å². The van der Waals surface area contributed by atoms with Gasteiger partial charge in [0.25, 0.3) is 0 Å². The van der Waals surface area contributed by atoms with Gasteiger partial charge in [0, 0.05) is 12.7 Å². The molecule has 0 aliphatic rings. The fourth-order valence-electron chi connectivity index (χ4n) is 0.956. The Labute approximate surface area is 74.0 Å². The minimum Gasteiger partial charge on any atom is -0.370 e. The molecule has 0 radical (unpaired) electrons. The van der Waals surface area contributed by atoms with Gasteiger partial charge >= 0.3 is 0 Å². The van der Waals surface area contributed by atoms with E-state index in [9.17, 15) is 0 Å². The molecular weight excluding hydrogens is 148 g/mol. The predicted octanol–water partition coefficient (Wildman–Crippen LogP) is 2.54. The zero-order valence-corrected chi connectivity index (χ0v) is 7.75. The largest absolute Gasteiger partial charge is 0.370 e. The van der Waals surface area contributed by atoms with Gasteiger partial charge in [-0.05, 0) is 24.5 Å². The highest BCUT2D eigenvalue weighted by molar-refractivity contribution is 5.32. The summed E-state index contributed by atoms with van der Waals surface area (Å²) in [5.74, 6) is 1.72.